The molecule has 3 heterocycles. The quantitative estimate of drug-likeness (QED) is 0.358. The number of halogens is 1. The van der Waals surface area contributed by atoms with E-state index in [0.717, 1.165) is 27.9 Å². The summed E-state index contributed by atoms with van der Waals surface area (Å²) in [6.07, 6.45) is 3.39. The molecule has 0 saturated carbocycles. The Labute approximate surface area is 193 Å². The van der Waals surface area contributed by atoms with Gasteiger partial charge in [-0.1, -0.05) is 48.5 Å². The number of carbonyl (C=O) groups is 1. The fraction of sp³-hybridized carbons (Fsp3) is 0.0385. The molecule has 5 rings (SSSR count). The molecule has 0 aliphatic rings. The number of nitrogen functional groups attached to an aromatic ring is 1. The summed E-state index contributed by atoms with van der Waals surface area (Å²) in [5.41, 5.74) is 11.0. The summed E-state index contributed by atoms with van der Waals surface area (Å²) in [6.45, 7) is 0.341. The first-order chi connectivity index (χ1) is 16.1. The summed E-state index contributed by atoms with van der Waals surface area (Å²) >= 11 is 1.25. The summed E-state index contributed by atoms with van der Waals surface area (Å²) in [5, 5.41) is 3.60. The van der Waals surface area contributed by atoms with Crippen LogP contribution in [0.5, 0.6) is 0 Å². The number of pyridine rings is 2. The molecule has 0 fully saturated rings. The van der Waals surface area contributed by atoms with Crippen LogP contribution >= 0.6 is 11.3 Å². The molecule has 5 nitrogen and oxygen atoms in total. The van der Waals surface area contributed by atoms with Crippen molar-refractivity contribution in [3.05, 3.63) is 101 Å². The van der Waals surface area contributed by atoms with Crippen molar-refractivity contribution in [3.63, 3.8) is 0 Å². The van der Waals surface area contributed by atoms with Gasteiger partial charge in [-0.3, -0.25) is 9.78 Å². The maximum absolute atomic E-state index is 13.6. The van der Waals surface area contributed by atoms with Crippen molar-refractivity contribution in [2.24, 2.45) is 0 Å². The molecule has 0 unspecified atom stereocenters. The van der Waals surface area contributed by atoms with E-state index in [2.05, 4.69) is 10.3 Å². The molecule has 0 spiro atoms. The van der Waals surface area contributed by atoms with Crippen LogP contribution < -0.4 is 11.1 Å². The fourth-order valence-electron chi connectivity index (χ4n) is 3.67. The minimum absolute atomic E-state index is 0.273. The summed E-state index contributed by atoms with van der Waals surface area (Å²) in [6, 6.07) is 21.7. The summed E-state index contributed by atoms with van der Waals surface area (Å²) < 4.78 is 13.6. The molecule has 33 heavy (non-hydrogen) atoms. The summed E-state index contributed by atoms with van der Waals surface area (Å²) in [5.74, 6) is -0.591. The third-order valence-electron chi connectivity index (χ3n) is 5.31. The Kier molecular flexibility index (Phi) is 5.54. The van der Waals surface area contributed by atoms with E-state index in [-0.39, 0.29) is 11.7 Å². The minimum atomic E-state index is -0.318. The third-order valence-corrected chi connectivity index (χ3v) is 6.40. The molecule has 3 aromatic heterocycles. The van der Waals surface area contributed by atoms with Gasteiger partial charge in [-0.2, -0.15) is 0 Å². The van der Waals surface area contributed by atoms with Crippen molar-refractivity contribution in [3.8, 4) is 22.4 Å². The fourth-order valence-corrected chi connectivity index (χ4v) is 4.71. The minimum Gasteiger partial charge on any atom is -0.397 e. The topological polar surface area (TPSA) is 80.9 Å². The van der Waals surface area contributed by atoms with Crippen LogP contribution in [-0.4, -0.2) is 15.9 Å². The zero-order valence-corrected chi connectivity index (χ0v) is 18.3. The van der Waals surface area contributed by atoms with Crippen LogP contribution in [0, 0.1) is 5.82 Å². The number of aromatic nitrogens is 2. The molecule has 0 saturated heterocycles. The SMILES string of the molecule is Nc1c(C(=O)NCc2cccnc2)sc2nc(-c3ccccc3)cc(-c3ccc(F)cc3)c12. The van der Waals surface area contributed by atoms with Gasteiger partial charge < -0.3 is 11.1 Å². The van der Waals surface area contributed by atoms with E-state index in [0.29, 0.717) is 27.3 Å². The first-order valence-electron chi connectivity index (χ1n) is 10.3. The number of hydrogen-bond acceptors (Lipinski definition) is 5. The Hall–Kier alpha value is -4.10. The lowest BCUT2D eigenvalue weighted by Gasteiger charge is -2.09. The number of thiophene rings is 1. The monoisotopic (exact) mass is 454 g/mol. The highest BCUT2D eigenvalue weighted by Gasteiger charge is 2.21. The smallest absolute Gasteiger partial charge is 0.263 e. The molecule has 5 aromatic rings. The van der Waals surface area contributed by atoms with E-state index in [9.17, 15) is 9.18 Å². The number of hydrogen-bond donors (Lipinski definition) is 2. The maximum Gasteiger partial charge on any atom is 0.263 e. The molecule has 0 atom stereocenters. The second kappa shape index (κ2) is 8.80. The van der Waals surface area contributed by atoms with Gasteiger partial charge in [0.2, 0.25) is 0 Å². The number of nitrogens with one attached hydrogen (secondary N) is 1. The highest BCUT2D eigenvalue weighted by Crippen LogP contribution is 2.41. The Morgan fingerprint density at radius 1 is 1.00 bits per heavy atom. The van der Waals surface area contributed by atoms with Gasteiger partial charge in [-0.25, -0.2) is 9.37 Å². The Bertz CT molecular complexity index is 1430. The van der Waals surface area contributed by atoms with Gasteiger partial charge in [0, 0.05) is 29.9 Å². The average Bonchev–Trinajstić information content (AvgIpc) is 3.20. The molecule has 162 valence electrons. The maximum atomic E-state index is 13.6. The highest BCUT2D eigenvalue weighted by molar-refractivity contribution is 7.21. The number of fused-ring (bicyclic) bond motifs is 1. The molecular formula is C26H19FN4OS. The van der Waals surface area contributed by atoms with Crippen LogP contribution in [0.1, 0.15) is 15.2 Å². The van der Waals surface area contributed by atoms with Crippen molar-refractivity contribution >= 4 is 33.1 Å². The van der Waals surface area contributed by atoms with Crippen LogP contribution in [0.2, 0.25) is 0 Å². The average molecular weight is 455 g/mol. The predicted molar refractivity (Wildman–Crippen MR) is 130 cm³/mol. The van der Waals surface area contributed by atoms with Crippen LogP contribution in [0.3, 0.4) is 0 Å². The molecule has 0 aliphatic carbocycles. The van der Waals surface area contributed by atoms with E-state index in [1.54, 1.807) is 24.5 Å². The number of amides is 1. The van der Waals surface area contributed by atoms with Gasteiger partial charge in [0.05, 0.1) is 11.4 Å². The van der Waals surface area contributed by atoms with Gasteiger partial charge in [0.15, 0.2) is 0 Å². The third kappa shape index (κ3) is 4.18. The van der Waals surface area contributed by atoms with Crippen molar-refractivity contribution < 1.29 is 9.18 Å². The number of rotatable bonds is 5. The van der Waals surface area contributed by atoms with Crippen molar-refractivity contribution in [2.75, 3.05) is 5.73 Å². The van der Waals surface area contributed by atoms with Crippen LogP contribution in [0.15, 0.2) is 85.2 Å². The number of benzene rings is 2. The van der Waals surface area contributed by atoms with Crippen molar-refractivity contribution in [1.82, 2.24) is 15.3 Å². The molecule has 0 bridgehead atoms. The molecule has 1 amide bonds. The van der Waals surface area contributed by atoms with E-state index < -0.39 is 0 Å². The van der Waals surface area contributed by atoms with Crippen LogP contribution in [0.25, 0.3) is 32.6 Å². The second-order valence-electron chi connectivity index (χ2n) is 7.50. The summed E-state index contributed by atoms with van der Waals surface area (Å²) in [4.78, 5) is 22.9. The number of nitrogens with two attached hydrogens (primary N) is 1. The zero-order valence-electron chi connectivity index (χ0n) is 17.5. The van der Waals surface area contributed by atoms with Gasteiger partial charge in [0.1, 0.15) is 15.5 Å². The molecule has 0 aliphatic heterocycles. The molecule has 7 heteroatoms. The zero-order chi connectivity index (χ0) is 22.8. The van der Waals surface area contributed by atoms with E-state index >= 15 is 0 Å². The molecular weight excluding hydrogens is 435 g/mol. The first kappa shape index (κ1) is 20.8. The van der Waals surface area contributed by atoms with Gasteiger partial charge in [-0.05, 0) is 41.0 Å². The Morgan fingerprint density at radius 2 is 1.79 bits per heavy atom. The first-order valence-corrected chi connectivity index (χ1v) is 11.1. The molecule has 2 aromatic carbocycles. The van der Waals surface area contributed by atoms with E-state index in [4.69, 9.17) is 10.7 Å². The normalized spacial score (nSPS) is 10.9. The standard InChI is InChI=1S/C26H19FN4OS/c27-19-10-8-17(9-11-19)20-13-21(18-6-2-1-3-7-18)31-26-22(20)23(28)24(33-26)25(32)30-15-16-5-4-12-29-14-16/h1-14H,15,28H2,(H,30,32). The van der Waals surface area contributed by atoms with Crippen molar-refractivity contribution in [2.45, 2.75) is 6.54 Å². The lowest BCUT2D eigenvalue weighted by Crippen LogP contribution is -2.22. The van der Waals surface area contributed by atoms with Crippen LogP contribution in [-0.2, 0) is 6.54 Å². The Morgan fingerprint density at radius 3 is 2.52 bits per heavy atom. The Balaban J connectivity index is 1.61. The number of carbonyl (C=O) groups excluding carboxylic acids is 1. The predicted octanol–water partition coefficient (Wildman–Crippen LogP) is 5.68. The summed E-state index contributed by atoms with van der Waals surface area (Å²) in [7, 11) is 0. The van der Waals surface area contributed by atoms with E-state index in [1.807, 2.05) is 48.5 Å². The largest absolute Gasteiger partial charge is 0.397 e. The van der Waals surface area contributed by atoms with Crippen LogP contribution in [0.4, 0.5) is 10.1 Å². The van der Waals surface area contributed by atoms with E-state index in [1.165, 1.54) is 23.5 Å². The lowest BCUT2D eigenvalue weighted by molar-refractivity contribution is 0.0956. The van der Waals surface area contributed by atoms with Gasteiger partial charge in [-0.15, -0.1) is 11.3 Å². The second-order valence-corrected chi connectivity index (χ2v) is 8.50. The lowest BCUT2D eigenvalue weighted by atomic mass is 9.99. The highest BCUT2D eigenvalue weighted by atomic mass is 32.1. The number of nitrogens with zero attached hydrogens (tertiary/aromatic N) is 2. The molecule has 3 N–H and O–H groups in total. The number of anilines is 1. The van der Waals surface area contributed by atoms with Crippen molar-refractivity contribution in [1.29, 1.82) is 0 Å². The van der Waals surface area contributed by atoms with Gasteiger partial charge >= 0.3 is 0 Å². The van der Waals surface area contributed by atoms with Gasteiger partial charge in [0.25, 0.3) is 5.91 Å². The molecule has 0 radical (unpaired) electrons.